The lowest BCUT2D eigenvalue weighted by Crippen LogP contribution is -2.36. The molecule has 0 aliphatic carbocycles. The fourth-order valence-electron chi connectivity index (χ4n) is 1.41. The van der Waals surface area contributed by atoms with E-state index in [0.29, 0.717) is 5.92 Å². The van der Waals surface area contributed by atoms with Gasteiger partial charge in [-0.3, -0.25) is 0 Å². The van der Waals surface area contributed by atoms with Crippen molar-refractivity contribution in [2.75, 3.05) is 6.61 Å². The fraction of sp³-hybridized carbons (Fsp3) is 0.700. The van der Waals surface area contributed by atoms with Crippen molar-refractivity contribution in [3.63, 3.8) is 0 Å². The molecule has 0 saturated carbocycles. The summed E-state index contributed by atoms with van der Waals surface area (Å²) >= 11 is 1.50. The van der Waals surface area contributed by atoms with Crippen molar-refractivity contribution in [2.24, 2.45) is 11.7 Å². The molecule has 0 aromatic carbocycles. The van der Waals surface area contributed by atoms with Gasteiger partial charge in [0.1, 0.15) is 0 Å². The summed E-state index contributed by atoms with van der Waals surface area (Å²) < 4.78 is 0. The molecule has 4 nitrogen and oxygen atoms in total. The van der Waals surface area contributed by atoms with Gasteiger partial charge >= 0.3 is 0 Å². The van der Waals surface area contributed by atoms with Gasteiger partial charge in [-0.1, -0.05) is 25.6 Å². The van der Waals surface area contributed by atoms with E-state index < -0.39 is 0 Å². The van der Waals surface area contributed by atoms with Crippen LogP contribution < -0.4 is 5.73 Å². The van der Waals surface area contributed by atoms with Crippen LogP contribution in [-0.4, -0.2) is 33.0 Å². The lowest BCUT2D eigenvalue weighted by Gasteiger charge is -2.21. The monoisotopic (exact) mass is 229 g/mol. The van der Waals surface area contributed by atoms with E-state index in [-0.39, 0.29) is 17.9 Å². The number of hydrogen-bond donors (Lipinski definition) is 3. The number of nitrogens with two attached hydrogens (primary N) is 1. The first-order valence-electron chi connectivity index (χ1n) is 5.16. The van der Waals surface area contributed by atoms with Gasteiger partial charge in [0.2, 0.25) is 0 Å². The third-order valence-electron chi connectivity index (χ3n) is 2.14. The molecule has 0 aliphatic rings. The Balaban J connectivity index is 2.48. The number of aromatic nitrogens is 2. The summed E-state index contributed by atoms with van der Waals surface area (Å²) in [5.41, 5.74) is 6.02. The molecular formula is C10H19N3OS. The quantitative estimate of drug-likeness (QED) is 0.641. The van der Waals surface area contributed by atoms with Crippen molar-refractivity contribution >= 4 is 11.8 Å². The molecule has 86 valence electrons. The molecule has 0 fully saturated rings. The van der Waals surface area contributed by atoms with E-state index in [0.717, 1.165) is 11.6 Å². The van der Waals surface area contributed by atoms with Gasteiger partial charge in [-0.15, -0.1) is 0 Å². The average molecular weight is 229 g/mol. The van der Waals surface area contributed by atoms with Gasteiger partial charge in [-0.2, -0.15) is 0 Å². The van der Waals surface area contributed by atoms with E-state index in [1.165, 1.54) is 11.8 Å². The lowest BCUT2D eigenvalue weighted by molar-refractivity contribution is 0.275. The lowest BCUT2D eigenvalue weighted by atomic mass is 10.0. The Hall–Kier alpha value is -0.520. The van der Waals surface area contributed by atoms with Crippen LogP contribution in [0.4, 0.5) is 0 Å². The van der Waals surface area contributed by atoms with Crippen LogP contribution in [0.25, 0.3) is 0 Å². The van der Waals surface area contributed by atoms with Crippen LogP contribution in [-0.2, 0) is 0 Å². The first kappa shape index (κ1) is 12.5. The maximum atomic E-state index is 9.27. The molecule has 1 rings (SSSR count). The van der Waals surface area contributed by atoms with Crippen molar-refractivity contribution in [3.05, 3.63) is 12.4 Å². The first-order chi connectivity index (χ1) is 7.13. The zero-order valence-electron chi connectivity index (χ0n) is 9.18. The minimum atomic E-state index is 0.00472. The topological polar surface area (TPSA) is 74.9 Å². The summed E-state index contributed by atoms with van der Waals surface area (Å²) in [7, 11) is 0. The minimum Gasteiger partial charge on any atom is -0.395 e. The molecular weight excluding hydrogens is 210 g/mol. The van der Waals surface area contributed by atoms with Gasteiger partial charge in [0.05, 0.1) is 11.9 Å². The van der Waals surface area contributed by atoms with Crippen LogP contribution in [0, 0.1) is 5.92 Å². The van der Waals surface area contributed by atoms with Crippen LogP contribution in [0.3, 0.4) is 0 Å². The smallest absolute Gasteiger partial charge is 0.165 e. The normalized spacial score (nSPS) is 15.5. The van der Waals surface area contributed by atoms with Crippen LogP contribution >= 0.6 is 11.8 Å². The van der Waals surface area contributed by atoms with Gasteiger partial charge in [0.25, 0.3) is 0 Å². The molecule has 0 spiro atoms. The van der Waals surface area contributed by atoms with Gasteiger partial charge in [-0.05, 0) is 12.3 Å². The summed E-state index contributed by atoms with van der Waals surface area (Å²) in [6.45, 7) is 4.34. The minimum absolute atomic E-state index is 0.00472. The number of imidazole rings is 1. The molecule has 0 radical (unpaired) electrons. The number of hydrogen-bond acceptors (Lipinski definition) is 4. The fourth-order valence-corrected chi connectivity index (χ4v) is 2.32. The van der Waals surface area contributed by atoms with Crippen molar-refractivity contribution in [1.29, 1.82) is 0 Å². The Bertz CT molecular complexity index is 264. The third kappa shape index (κ3) is 4.24. The molecule has 1 aromatic heterocycles. The number of nitrogens with one attached hydrogen (secondary N) is 1. The maximum Gasteiger partial charge on any atom is 0.165 e. The van der Waals surface area contributed by atoms with Crippen molar-refractivity contribution in [1.82, 2.24) is 9.97 Å². The highest BCUT2D eigenvalue weighted by Gasteiger charge is 2.20. The molecule has 0 aliphatic heterocycles. The van der Waals surface area contributed by atoms with E-state index in [2.05, 4.69) is 23.8 Å². The standard InChI is InChI=1S/C10H19N3OS/c1-7(2)5-8(11)9(6-14)15-10-12-3-4-13-10/h3-4,7-9,14H,5-6,11H2,1-2H3,(H,12,13). The highest BCUT2D eigenvalue weighted by atomic mass is 32.2. The summed E-state index contributed by atoms with van der Waals surface area (Å²) in [6, 6.07) is 0.00472. The number of aliphatic hydroxyl groups excluding tert-OH is 1. The summed E-state index contributed by atoms with van der Waals surface area (Å²) in [5.74, 6) is 0.547. The Morgan fingerprint density at radius 3 is 2.80 bits per heavy atom. The molecule has 2 atom stereocenters. The SMILES string of the molecule is CC(C)CC(N)C(CO)Sc1ncc[nH]1. The van der Waals surface area contributed by atoms with E-state index in [1.807, 2.05) is 0 Å². The van der Waals surface area contributed by atoms with Crippen molar-refractivity contribution in [3.8, 4) is 0 Å². The zero-order valence-corrected chi connectivity index (χ0v) is 10.00. The number of aromatic amines is 1. The first-order valence-corrected chi connectivity index (χ1v) is 6.04. The molecule has 5 heteroatoms. The van der Waals surface area contributed by atoms with Gasteiger partial charge < -0.3 is 15.8 Å². The van der Waals surface area contributed by atoms with Gasteiger partial charge in [0, 0.05) is 18.4 Å². The Kier molecular flexibility index (Phi) is 5.14. The maximum absolute atomic E-state index is 9.27. The van der Waals surface area contributed by atoms with E-state index in [1.54, 1.807) is 12.4 Å². The van der Waals surface area contributed by atoms with Crippen LogP contribution in [0.15, 0.2) is 17.6 Å². The Morgan fingerprint density at radius 2 is 2.33 bits per heavy atom. The number of thioether (sulfide) groups is 1. The molecule has 2 unspecified atom stereocenters. The highest BCUT2D eigenvalue weighted by molar-refractivity contribution is 7.99. The molecule has 0 amide bonds. The molecule has 0 saturated heterocycles. The van der Waals surface area contributed by atoms with Crippen molar-refractivity contribution in [2.45, 2.75) is 36.7 Å². The largest absolute Gasteiger partial charge is 0.395 e. The molecule has 4 N–H and O–H groups in total. The summed E-state index contributed by atoms with van der Waals surface area (Å²) in [6.07, 6.45) is 4.38. The zero-order chi connectivity index (χ0) is 11.3. The molecule has 0 bridgehead atoms. The second-order valence-corrected chi connectivity index (χ2v) is 5.25. The van der Waals surface area contributed by atoms with Crippen molar-refractivity contribution < 1.29 is 5.11 Å². The third-order valence-corrected chi connectivity index (χ3v) is 3.39. The van der Waals surface area contributed by atoms with Gasteiger partial charge in [-0.25, -0.2) is 4.98 Å². The summed E-state index contributed by atoms with van der Waals surface area (Å²) in [4.78, 5) is 7.10. The number of rotatable bonds is 6. The molecule has 1 heterocycles. The number of H-pyrrole nitrogens is 1. The number of aliphatic hydroxyl groups is 1. The number of nitrogens with zero attached hydrogens (tertiary/aromatic N) is 1. The molecule has 1 aromatic rings. The van der Waals surface area contributed by atoms with Crippen LogP contribution in [0.5, 0.6) is 0 Å². The average Bonchev–Trinajstić information content (AvgIpc) is 2.65. The van der Waals surface area contributed by atoms with Crippen LogP contribution in [0.1, 0.15) is 20.3 Å². The second-order valence-electron chi connectivity index (χ2n) is 4.03. The summed E-state index contributed by atoms with van der Waals surface area (Å²) in [5, 5.41) is 10.1. The van der Waals surface area contributed by atoms with Gasteiger partial charge in [0.15, 0.2) is 5.16 Å². The predicted octanol–water partition coefficient (Wildman–Crippen LogP) is 1.24. The highest BCUT2D eigenvalue weighted by Crippen LogP contribution is 2.23. The van der Waals surface area contributed by atoms with Crippen LogP contribution in [0.2, 0.25) is 0 Å². The Labute approximate surface area is 94.7 Å². The van der Waals surface area contributed by atoms with E-state index in [9.17, 15) is 5.11 Å². The van der Waals surface area contributed by atoms with E-state index in [4.69, 9.17) is 5.73 Å². The predicted molar refractivity (Wildman–Crippen MR) is 62.7 cm³/mol. The van der Waals surface area contributed by atoms with E-state index >= 15 is 0 Å². The molecule has 15 heavy (non-hydrogen) atoms. The Morgan fingerprint density at radius 1 is 1.60 bits per heavy atom. The second kappa shape index (κ2) is 6.15.